The molecule has 1 aliphatic heterocycles. The van der Waals surface area contributed by atoms with Crippen molar-refractivity contribution in [3.8, 4) is 0 Å². The third-order valence-electron chi connectivity index (χ3n) is 6.36. The van der Waals surface area contributed by atoms with Crippen LogP contribution in [-0.2, 0) is 16.0 Å². The lowest BCUT2D eigenvalue weighted by Crippen LogP contribution is -2.63. The van der Waals surface area contributed by atoms with Crippen LogP contribution in [-0.4, -0.2) is 81.4 Å². The summed E-state index contributed by atoms with van der Waals surface area (Å²) >= 11 is 0. The molecular weight excluding hydrogens is 436 g/mol. The van der Waals surface area contributed by atoms with Crippen LogP contribution >= 0.6 is 0 Å². The summed E-state index contributed by atoms with van der Waals surface area (Å²) in [5.74, 6) is 0. The molecule has 194 valence electrons. The molecule has 0 spiro atoms. The quantitative estimate of drug-likeness (QED) is 0.153. The summed E-state index contributed by atoms with van der Waals surface area (Å²) in [5.41, 5.74) is 1.33. The van der Waals surface area contributed by atoms with Gasteiger partial charge < -0.3 is 25.2 Å². The van der Waals surface area contributed by atoms with Gasteiger partial charge in [-0.05, 0) is 56.6 Å². The number of allylic oxidation sites excluding steroid dienone is 2. The third-order valence-corrected chi connectivity index (χ3v) is 6.36. The van der Waals surface area contributed by atoms with Crippen LogP contribution in [0, 0.1) is 0 Å². The number of hydroxylamine groups is 2. The zero-order valence-electron chi connectivity index (χ0n) is 20.5. The Morgan fingerprint density at radius 3 is 2.26 bits per heavy atom. The minimum atomic E-state index is -1.40. The fraction of sp³-hybridized carbons (Fsp3) is 0.731. The van der Waals surface area contributed by atoms with Crippen molar-refractivity contribution in [2.24, 2.45) is 0 Å². The highest BCUT2D eigenvalue weighted by Crippen LogP contribution is 2.24. The molecule has 1 saturated heterocycles. The highest BCUT2D eigenvalue weighted by atomic mass is 16.7. The van der Waals surface area contributed by atoms with Gasteiger partial charge in [-0.25, -0.2) is 0 Å². The molecule has 34 heavy (non-hydrogen) atoms. The minimum absolute atomic E-state index is 0.448. The maximum Gasteiger partial charge on any atom is 0.162 e. The van der Waals surface area contributed by atoms with Gasteiger partial charge in [0.2, 0.25) is 0 Å². The second kappa shape index (κ2) is 17.1. The first-order valence-electron chi connectivity index (χ1n) is 12.7. The Balaban J connectivity index is 1.47. The number of aliphatic hydroxyl groups is 4. The molecule has 2 unspecified atom stereocenters. The van der Waals surface area contributed by atoms with E-state index in [4.69, 9.17) is 9.57 Å². The van der Waals surface area contributed by atoms with Gasteiger partial charge in [0.15, 0.2) is 6.23 Å². The van der Waals surface area contributed by atoms with Crippen molar-refractivity contribution in [3.05, 3.63) is 42.2 Å². The molecule has 1 fully saturated rings. The van der Waals surface area contributed by atoms with E-state index >= 15 is 0 Å². The molecule has 1 aromatic heterocycles. The lowest BCUT2D eigenvalue weighted by molar-refractivity contribution is -0.328. The number of hydrogen-bond acceptors (Lipinski definition) is 8. The topological polar surface area (TPSA) is 116 Å². The average Bonchev–Trinajstić information content (AvgIpc) is 2.86. The average molecular weight is 481 g/mol. The lowest BCUT2D eigenvalue weighted by atomic mass is 9.98. The van der Waals surface area contributed by atoms with Gasteiger partial charge in [0.05, 0.1) is 13.7 Å². The van der Waals surface area contributed by atoms with Crippen molar-refractivity contribution in [2.75, 3.05) is 20.3 Å². The Hall–Kier alpha value is -1.39. The summed E-state index contributed by atoms with van der Waals surface area (Å²) in [4.78, 5) is 9.48. The van der Waals surface area contributed by atoms with Crippen molar-refractivity contribution in [2.45, 2.75) is 101 Å². The van der Waals surface area contributed by atoms with Crippen LogP contribution in [0.5, 0.6) is 0 Å². The maximum atomic E-state index is 10.2. The van der Waals surface area contributed by atoms with Crippen molar-refractivity contribution in [3.63, 3.8) is 0 Å². The third kappa shape index (κ3) is 10.1. The van der Waals surface area contributed by atoms with Crippen LogP contribution in [0.1, 0.15) is 69.8 Å². The number of hydrogen-bond donors (Lipinski definition) is 4. The second-order valence-corrected chi connectivity index (χ2v) is 9.03. The molecule has 0 saturated carbocycles. The predicted molar refractivity (Wildman–Crippen MR) is 131 cm³/mol. The van der Waals surface area contributed by atoms with Crippen molar-refractivity contribution < 1.29 is 30.0 Å². The van der Waals surface area contributed by atoms with Gasteiger partial charge in [0, 0.05) is 18.9 Å². The molecule has 0 bridgehead atoms. The van der Waals surface area contributed by atoms with E-state index in [0.717, 1.165) is 32.1 Å². The molecule has 8 heteroatoms. The van der Waals surface area contributed by atoms with Crippen LogP contribution in [0.15, 0.2) is 36.7 Å². The Bertz CT molecular complexity index is 660. The van der Waals surface area contributed by atoms with Crippen molar-refractivity contribution in [1.29, 1.82) is 0 Å². The molecule has 5 atom stereocenters. The number of aryl methyl sites for hydroxylation is 1. The van der Waals surface area contributed by atoms with Crippen LogP contribution < -0.4 is 0 Å². The Morgan fingerprint density at radius 1 is 0.941 bits per heavy atom. The molecule has 1 aromatic rings. The predicted octanol–water partition coefficient (Wildman–Crippen LogP) is 2.74. The van der Waals surface area contributed by atoms with E-state index in [2.05, 4.69) is 23.2 Å². The van der Waals surface area contributed by atoms with Gasteiger partial charge in [0.25, 0.3) is 0 Å². The molecule has 8 nitrogen and oxygen atoms in total. The number of nitrogens with zero attached hydrogens (tertiary/aromatic N) is 2. The summed E-state index contributed by atoms with van der Waals surface area (Å²) < 4.78 is 5.54. The zero-order valence-corrected chi connectivity index (χ0v) is 20.5. The standard InChI is InChI=1S/C26H44N2O6/c1-33-28(26-25(32)24(31)23(30)22(20-29)34-26)18-13-11-9-7-5-3-2-4-6-8-10-12-15-21-16-14-17-27-19-21/h5,7,14,16-17,19,22-26,29-32H,2-4,6,8-13,15,18,20H2,1H3/b7-5-/t22?,23-,24-,25-,26?/m1/s1. The summed E-state index contributed by atoms with van der Waals surface area (Å²) in [6.07, 6.45) is 14.9. The maximum absolute atomic E-state index is 10.2. The largest absolute Gasteiger partial charge is 0.394 e. The van der Waals surface area contributed by atoms with Crippen LogP contribution in [0.2, 0.25) is 0 Å². The van der Waals surface area contributed by atoms with Gasteiger partial charge in [-0.3, -0.25) is 9.82 Å². The van der Waals surface area contributed by atoms with Crippen LogP contribution in [0.25, 0.3) is 0 Å². The molecule has 2 rings (SSSR count). The summed E-state index contributed by atoms with van der Waals surface area (Å²) in [6.45, 7) is 0.0593. The van der Waals surface area contributed by atoms with E-state index in [1.54, 1.807) is 0 Å². The smallest absolute Gasteiger partial charge is 0.162 e. The summed E-state index contributed by atoms with van der Waals surface area (Å²) in [7, 11) is 1.47. The number of aliphatic hydroxyl groups excluding tert-OH is 4. The SMILES string of the molecule is CON(CCCC/C=C\CCCCCCCCc1cccnc1)C1OC(CO)[C@@H](O)[C@@H](O)[C@H]1O. The zero-order chi connectivity index (χ0) is 24.6. The van der Waals surface area contributed by atoms with E-state index < -0.39 is 37.3 Å². The number of aromatic nitrogens is 1. The second-order valence-electron chi connectivity index (χ2n) is 9.03. The van der Waals surface area contributed by atoms with E-state index in [-0.39, 0.29) is 0 Å². The lowest BCUT2D eigenvalue weighted by Gasteiger charge is -2.43. The van der Waals surface area contributed by atoms with Gasteiger partial charge >= 0.3 is 0 Å². The number of rotatable bonds is 17. The highest BCUT2D eigenvalue weighted by molar-refractivity contribution is 5.08. The first kappa shape index (κ1) is 28.8. The normalized spacial score (nSPS) is 25.4. The van der Waals surface area contributed by atoms with Gasteiger partial charge in [-0.15, -0.1) is 0 Å². The molecule has 2 heterocycles. The molecule has 0 radical (unpaired) electrons. The molecular formula is C26H44N2O6. The Labute approximate surface area is 204 Å². The van der Waals surface area contributed by atoms with Crippen LogP contribution in [0.4, 0.5) is 0 Å². The van der Waals surface area contributed by atoms with E-state index in [9.17, 15) is 20.4 Å². The van der Waals surface area contributed by atoms with Gasteiger partial charge in [0.1, 0.15) is 24.4 Å². The van der Waals surface area contributed by atoms with Crippen molar-refractivity contribution >= 4 is 0 Å². The highest BCUT2D eigenvalue weighted by Gasteiger charge is 2.45. The van der Waals surface area contributed by atoms with E-state index in [1.165, 1.54) is 56.3 Å². The number of unbranched alkanes of at least 4 members (excludes halogenated alkanes) is 8. The minimum Gasteiger partial charge on any atom is -0.394 e. The van der Waals surface area contributed by atoms with Gasteiger partial charge in [-0.1, -0.05) is 43.9 Å². The Morgan fingerprint density at radius 2 is 1.62 bits per heavy atom. The monoisotopic (exact) mass is 480 g/mol. The van der Waals surface area contributed by atoms with Gasteiger partial charge in [-0.2, -0.15) is 5.06 Å². The van der Waals surface area contributed by atoms with E-state index in [0.29, 0.717) is 6.54 Å². The molecule has 4 N–H and O–H groups in total. The Kier molecular flexibility index (Phi) is 14.5. The summed E-state index contributed by atoms with van der Waals surface area (Å²) in [6, 6.07) is 4.15. The molecule has 0 amide bonds. The molecule has 0 aliphatic carbocycles. The fourth-order valence-corrected chi connectivity index (χ4v) is 4.25. The number of ether oxygens (including phenoxy) is 1. The van der Waals surface area contributed by atoms with Crippen molar-refractivity contribution in [1.82, 2.24) is 10.0 Å². The fourth-order valence-electron chi connectivity index (χ4n) is 4.25. The van der Waals surface area contributed by atoms with E-state index in [1.807, 2.05) is 18.5 Å². The first-order chi connectivity index (χ1) is 16.6. The molecule has 1 aliphatic rings. The summed E-state index contributed by atoms with van der Waals surface area (Å²) in [5, 5.41) is 40.9. The number of pyridine rings is 1. The first-order valence-corrected chi connectivity index (χ1v) is 12.7. The van der Waals surface area contributed by atoms with Crippen LogP contribution in [0.3, 0.4) is 0 Å². The molecule has 0 aromatic carbocycles.